The molecule has 0 aliphatic heterocycles. The number of Topliss-reactive ketones (excluding diaryl/α,β-unsaturated/α-hetero) is 1. The third kappa shape index (κ3) is 4.74. The van der Waals surface area contributed by atoms with Gasteiger partial charge in [0, 0.05) is 16.3 Å². The molecule has 3 aromatic rings. The number of para-hydroxylation sites is 2. The Morgan fingerprint density at radius 3 is 2.22 bits per heavy atom. The fourth-order valence-corrected chi connectivity index (χ4v) is 2.70. The molecule has 0 aliphatic carbocycles. The van der Waals surface area contributed by atoms with Crippen LogP contribution in [0.4, 0.5) is 11.4 Å². The zero-order valence-corrected chi connectivity index (χ0v) is 15.4. The average Bonchev–Trinajstić information content (AvgIpc) is 2.69. The fraction of sp³-hybridized carbons (Fsp3) is 0.0909. The van der Waals surface area contributed by atoms with E-state index in [-0.39, 0.29) is 5.78 Å². The predicted octanol–water partition coefficient (Wildman–Crippen LogP) is 5.51. The Balaban J connectivity index is 1.74. The van der Waals surface area contributed by atoms with Crippen LogP contribution in [0.3, 0.4) is 0 Å². The molecule has 0 unspecified atom stereocenters. The Morgan fingerprint density at radius 2 is 1.52 bits per heavy atom. The number of nitrogens with one attached hydrogen (secondary N) is 1. The molecule has 0 spiro atoms. The summed E-state index contributed by atoms with van der Waals surface area (Å²) in [7, 11) is 0. The third-order valence-electron chi connectivity index (χ3n) is 3.98. The minimum atomic E-state index is -0.913. The van der Waals surface area contributed by atoms with Gasteiger partial charge in [-0.1, -0.05) is 41.9 Å². The zero-order chi connectivity index (χ0) is 19.2. The van der Waals surface area contributed by atoms with Crippen LogP contribution in [0.25, 0.3) is 0 Å². The highest BCUT2D eigenvalue weighted by molar-refractivity contribution is 6.30. The van der Waals surface area contributed by atoms with Crippen molar-refractivity contribution in [1.29, 1.82) is 0 Å². The van der Waals surface area contributed by atoms with Crippen molar-refractivity contribution in [2.24, 2.45) is 0 Å². The summed E-state index contributed by atoms with van der Waals surface area (Å²) >= 11 is 5.84. The summed E-state index contributed by atoms with van der Waals surface area (Å²) in [5, 5.41) is 3.73. The number of carbonyl (C=O) groups excluding carboxylic acids is 2. The largest absolute Gasteiger partial charge is 0.451 e. The van der Waals surface area contributed by atoms with Crippen LogP contribution in [-0.4, -0.2) is 17.9 Å². The van der Waals surface area contributed by atoms with Crippen molar-refractivity contribution in [1.82, 2.24) is 0 Å². The standard InChI is InChI=1S/C22H18ClNO3/c1-15(21(25)16-11-13-17(23)14-12-16)27-22(26)19-9-5-6-10-20(19)24-18-7-3-2-4-8-18/h2-15,24H,1H3/t15-/m1/s1. The van der Waals surface area contributed by atoms with Crippen LogP contribution in [0, 0.1) is 0 Å². The molecule has 0 heterocycles. The molecule has 0 amide bonds. The molecule has 0 aromatic heterocycles. The summed E-state index contributed by atoms with van der Waals surface area (Å²) in [6, 6.07) is 23.0. The van der Waals surface area contributed by atoms with Gasteiger partial charge in [0.15, 0.2) is 6.10 Å². The lowest BCUT2D eigenvalue weighted by molar-refractivity contribution is 0.0320. The SMILES string of the molecule is C[C@@H](OC(=O)c1ccccc1Nc1ccccc1)C(=O)c1ccc(Cl)cc1. The van der Waals surface area contributed by atoms with E-state index in [0.717, 1.165) is 5.69 Å². The van der Waals surface area contributed by atoms with Crippen LogP contribution >= 0.6 is 11.6 Å². The van der Waals surface area contributed by atoms with Crippen molar-refractivity contribution in [3.8, 4) is 0 Å². The Morgan fingerprint density at radius 1 is 0.889 bits per heavy atom. The highest BCUT2D eigenvalue weighted by atomic mass is 35.5. The highest BCUT2D eigenvalue weighted by Gasteiger charge is 2.22. The van der Waals surface area contributed by atoms with Gasteiger partial charge in [-0.25, -0.2) is 4.79 Å². The smallest absolute Gasteiger partial charge is 0.340 e. The summed E-state index contributed by atoms with van der Waals surface area (Å²) in [5.74, 6) is -0.850. The van der Waals surface area contributed by atoms with Gasteiger partial charge in [0.1, 0.15) is 0 Å². The second kappa shape index (κ2) is 8.52. The maximum Gasteiger partial charge on any atom is 0.340 e. The van der Waals surface area contributed by atoms with Crippen LogP contribution in [0.1, 0.15) is 27.6 Å². The molecular weight excluding hydrogens is 362 g/mol. The first kappa shape index (κ1) is 18.7. The van der Waals surface area contributed by atoms with Gasteiger partial charge >= 0.3 is 5.97 Å². The third-order valence-corrected chi connectivity index (χ3v) is 4.23. The topological polar surface area (TPSA) is 55.4 Å². The summed E-state index contributed by atoms with van der Waals surface area (Å²) in [4.78, 5) is 25.1. The van der Waals surface area contributed by atoms with Crippen molar-refractivity contribution in [2.45, 2.75) is 13.0 Å². The minimum Gasteiger partial charge on any atom is -0.451 e. The quantitative estimate of drug-likeness (QED) is 0.453. The number of esters is 1. The number of ketones is 1. The van der Waals surface area contributed by atoms with Crippen LogP contribution < -0.4 is 5.32 Å². The Kier molecular flexibility index (Phi) is 5.89. The van der Waals surface area contributed by atoms with Gasteiger partial charge in [0.2, 0.25) is 5.78 Å². The minimum absolute atomic E-state index is 0.284. The van der Waals surface area contributed by atoms with Gasteiger partial charge in [-0.05, 0) is 55.5 Å². The van der Waals surface area contributed by atoms with Crippen molar-refractivity contribution in [3.63, 3.8) is 0 Å². The first-order valence-corrected chi connectivity index (χ1v) is 8.84. The summed E-state index contributed by atoms with van der Waals surface area (Å²) in [6.45, 7) is 1.56. The first-order valence-electron chi connectivity index (χ1n) is 8.46. The van der Waals surface area contributed by atoms with E-state index in [9.17, 15) is 9.59 Å². The number of rotatable bonds is 6. The highest BCUT2D eigenvalue weighted by Crippen LogP contribution is 2.22. The second-order valence-electron chi connectivity index (χ2n) is 5.96. The number of hydrogen-bond donors (Lipinski definition) is 1. The first-order chi connectivity index (χ1) is 13.0. The normalized spacial score (nSPS) is 11.5. The van der Waals surface area contributed by atoms with Crippen molar-refractivity contribution in [2.75, 3.05) is 5.32 Å². The number of anilines is 2. The molecule has 3 aromatic carbocycles. The van der Waals surface area contributed by atoms with E-state index in [1.807, 2.05) is 36.4 Å². The molecule has 0 bridgehead atoms. The number of hydrogen-bond acceptors (Lipinski definition) is 4. The van der Waals surface area contributed by atoms with Crippen LogP contribution in [0.2, 0.25) is 5.02 Å². The van der Waals surface area contributed by atoms with Gasteiger partial charge < -0.3 is 10.1 Å². The fourth-order valence-electron chi connectivity index (χ4n) is 2.57. The van der Waals surface area contributed by atoms with Gasteiger partial charge in [-0.2, -0.15) is 0 Å². The predicted molar refractivity (Wildman–Crippen MR) is 107 cm³/mol. The van der Waals surface area contributed by atoms with Gasteiger partial charge in [0.25, 0.3) is 0 Å². The van der Waals surface area contributed by atoms with Crippen LogP contribution in [-0.2, 0) is 4.74 Å². The van der Waals surface area contributed by atoms with Crippen LogP contribution in [0.15, 0.2) is 78.9 Å². The van der Waals surface area contributed by atoms with Crippen molar-refractivity contribution in [3.05, 3.63) is 95.0 Å². The molecule has 0 aliphatic rings. The van der Waals surface area contributed by atoms with Gasteiger partial charge in [-0.3, -0.25) is 4.79 Å². The Labute approximate surface area is 162 Å². The molecule has 3 rings (SSSR count). The molecule has 1 N–H and O–H groups in total. The van der Waals surface area contributed by atoms with E-state index < -0.39 is 12.1 Å². The van der Waals surface area contributed by atoms with Gasteiger partial charge in [-0.15, -0.1) is 0 Å². The lowest BCUT2D eigenvalue weighted by atomic mass is 10.1. The number of halogens is 1. The van der Waals surface area contributed by atoms with Crippen molar-refractivity contribution < 1.29 is 14.3 Å². The van der Waals surface area contributed by atoms with Crippen molar-refractivity contribution >= 4 is 34.7 Å². The molecule has 0 fully saturated rings. The maximum atomic E-state index is 12.6. The summed E-state index contributed by atoms with van der Waals surface area (Å²) in [6.07, 6.45) is -0.913. The summed E-state index contributed by atoms with van der Waals surface area (Å²) in [5.41, 5.74) is 2.26. The molecule has 136 valence electrons. The Bertz CT molecular complexity index is 939. The van der Waals surface area contributed by atoms with E-state index in [0.29, 0.717) is 21.8 Å². The lowest BCUT2D eigenvalue weighted by Gasteiger charge is -2.15. The molecule has 27 heavy (non-hydrogen) atoms. The second-order valence-corrected chi connectivity index (χ2v) is 6.39. The average molecular weight is 380 g/mol. The molecular formula is C22H18ClNO3. The van der Waals surface area contributed by atoms with E-state index in [1.54, 1.807) is 49.4 Å². The Hall–Kier alpha value is -3.11. The van der Waals surface area contributed by atoms with E-state index in [4.69, 9.17) is 16.3 Å². The molecule has 0 radical (unpaired) electrons. The molecule has 0 saturated carbocycles. The zero-order valence-electron chi connectivity index (χ0n) is 14.7. The molecule has 0 saturated heterocycles. The van der Waals surface area contributed by atoms with E-state index in [2.05, 4.69) is 5.32 Å². The van der Waals surface area contributed by atoms with Gasteiger partial charge in [0.05, 0.1) is 11.3 Å². The molecule has 4 nitrogen and oxygen atoms in total. The summed E-state index contributed by atoms with van der Waals surface area (Å²) < 4.78 is 5.40. The van der Waals surface area contributed by atoms with E-state index in [1.165, 1.54) is 0 Å². The lowest BCUT2D eigenvalue weighted by Crippen LogP contribution is -2.24. The monoisotopic (exact) mass is 379 g/mol. The number of carbonyl (C=O) groups is 2. The van der Waals surface area contributed by atoms with Crippen LogP contribution in [0.5, 0.6) is 0 Å². The maximum absolute atomic E-state index is 12.6. The number of ether oxygens (including phenoxy) is 1. The molecule has 1 atom stereocenters. The number of benzene rings is 3. The van der Waals surface area contributed by atoms with E-state index >= 15 is 0 Å². The molecule has 5 heteroatoms.